The summed E-state index contributed by atoms with van der Waals surface area (Å²) in [4.78, 5) is 0. The second-order valence-electron chi connectivity index (χ2n) is 12.3. The molecule has 0 aromatic heterocycles. The molecule has 6 N–H and O–H groups in total. The first-order valence-electron chi connectivity index (χ1n) is 15.2. The molecule has 4 aliphatic rings. The van der Waals surface area contributed by atoms with E-state index in [4.69, 9.17) is 0 Å². The maximum absolute atomic E-state index is 11.8. The van der Waals surface area contributed by atoms with Crippen molar-refractivity contribution in [3.63, 3.8) is 0 Å². The number of aliphatic hydroxyl groups excluding tert-OH is 3. The summed E-state index contributed by atoms with van der Waals surface area (Å²) in [5.41, 5.74) is 4.94. The van der Waals surface area contributed by atoms with Crippen molar-refractivity contribution in [1.82, 2.24) is 0 Å². The highest BCUT2D eigenvalue weighted by molar-refractivity contribution is 6.07. The number of hydrogen-bond acceptors (Lipinski definition) is 6. The Morgan fingerprint density at radius 3 is 2.00 bits per heavy atom. The number of hydrogen-bond donors (Lipinski definition) is 6. The van der Waals surface area contributed by atoms with Crippen LogP contribution in [0.1, 0.15) is 58.9 Å². The van der Waals surface area contributed by atoms with E-state index in [1.54, 1.807) is 24.3 Å². The van der Waals surface area contributed by atoms with Gasteiger partial charge in [0.05, 0.1) is 5.76 Å². The molecule has 4 atom stereocenters. The van der Waals surface area contributed by atoms with Gasteiger partial charge in [-0.1, -0.05) is 66.7 Å². The van der Waals surface area contributed by atoms with Crippen molar-refractivity contribution in [3.8, 4) is 17.2 Å². The quantitative estimate of drug-likeness (QED) is 0.135. The third-order valence-corrected chi connectivity index (χ3v) is 10.3. The minimum absolute atomic E-state index is 0.107. The zero-order chi connectivity index (χ0) is 30.3. The van der Waals surface area contributed by atoms with Gasteiger partial charge in [0.1, 0.15) is 5.75 Å². The monoisotopic (exact) mass is 584 g/mol. The molecule has 4 unspecified atom stereocenters. The molecule has 220 valence electrons. The van der Waals surface area contributed by atoms with Gasteiger partial charge in [-0.25, -0.2) is 0 Å². The smallest absolute Gasteiger partial charge is 0.166 e. The minimum Gasteiger partial charge on any atom is -0.512 e. The Morgan fingerprint density at radius 2 is 1.30 bits per heavy atom. The fraction of sp³-hybridized carbons (Fsp3) is 0.211. The summed E-state index contributed by atoms with van der Waals surface area (Å²) in [5, 5.41) is 70.3. The summed E-state index contributed by atoms with van der Waals surface area (Å²) in [6.07, 6.45) is 5.93. The minimum atomic E-state index is -0.442. The molecule has 0 spiro atoms. The van der Waals surface area contributed by atoms with Crippen molar-refractivity contribution >= 4 is 16.3 Å². The Labute approximate surface area is 254 Å². The van der Waals surface area contributed by atoms with E-state index in [-0.39, 0.29) is 57.7 Å². The highest BCUT2D eigenvalue weighted by Gasteiger charge is 2.48. The van der Waals surface area contributed by atoms with Crippen LogP contribution in [0.4, 0.5) is 0 Å². The Kier molecular flexibility index (Phi) is 5.85. The van der Waals surface area contributed by atoms with Crippen molar-refractivity contribution in [3.05, 3.63) is 141 Å². The number of aryl methyl sites for hydroxylation is 1. The third-order valence-electron chi connectivity index (χ3n) is 10.3. The predicted molar refractivity (Wildman–Crippen MR) is 169 cm³/mol. The fourth-order valence-electron chi connectivity index (χ4n) is 8.39. The van der Waals surface area contributed by atoms with Crippen LogP contribution in [0.2, 0.25) is 0 Å². The van der Waals surface area contributed by atoms with Crippen LogP contribution in [-0.4, -0.2) is 30.6 Å². The fourth-order valence-corrected chi connectivity index (χ4v) is 8.39. The van der Waals surface area contributed by atoms with Crippen molar-refractivity contribution < 1.29 is 30.6 Å². The molecule has 1 saturated carbocycles. The van der Waals surface area contributed by atoms with Crippen LogP contribution in [0.3, 0.4) is 0 Å². The number of rotatable bonds is 3. The first kappa shape index (κ1) is 26.5. The molecule has 0 aliphatic heterocycles. The molecule has 6 heteroatoms. The summed E-state index contributed by atoms with van der Waals surface area (Å²) in [5.74, 6) is -2.15. The summed E-state index contributed by atoms with van der Waals surface area (Å²) < 4.78 is 0. The topological polar surface area (TPSA) is 121 Å². The maximum Gasteiger partial charge on any atom is 0.166 e. The molecule has 8 rings (SSSR count). The highest BCUT2D eigenvalue weighted by atomic mass is 16.3. The van der Waals surface area contributed by atoms with E-state index in [0.717, 1.165) is 11.1 Å². The zero-order valence-corrected chi connectivity index (χ0v) is 23.9. The van der Waals surface area contributed by atoms with E-state index in [1.807, 2.05) is 60.7 Å². The second kappa shape index (κ2) is 9.71. The lowest BCUT2D eigenvalue weighted by Gasteiger charge is -2.44. The molecule has 4 aromatic carbocycles. The molecule has 4 aromatic rings. The lowest BCUT2D eigenvalue weighted by atomic mass is 9.59. The Balaban J connectivity index is 1.43. The Bertz CT molecular complexity index is 1980. The van der Waals surface area contributed by atoms with Gasteiger partial charge in [0.15, 0.2) is 23.0 Å². The van der Waals surface area contributed by atoms with Gasteiger partial charge in [0.25, 0.3) is 0 Å². The van der Waals surface area contributed by atoms with Gasteiger partial charge in [0.2, 0.25) is 0 Å². The first-order chi connectivity index (χ1) is 21.4. The standard InChI is InChI=1S/C38H32O6/c39-27-17-15-25-29-23(27)13-11-21(19-7-3-1-4-8-19)31(29)35(41)37(43)33(25)34-26-16-18-28(40)24-14-12-22(20-9-5-2-6-10-20)32(30(24)26)36(42)38(34)44/h1-10,15-18,21-23,29,39-44H,11-14H2. The van der Waals surface area contributed by atoms with Crippen LogP contribution in [0.5, 0.6) is 17.2 Å². The van der Waals surface area contributed by atoms with E-state index in [0.29, 0.717) is 58.7 Å². The molecular weight excluding hydrogens is 552 g/mol. The molecule has 0 saturated heterocycles. The third kappa shape index (κ3) is 3.60. The number of phenolic OH excluding ortho intramolecular Hbond substituents is 3. The predicted octanol–water partition coefficient (Wildman–Crippen LogP) is 8.32. The van der Waals surface area contributed by atoms with E-state index in [9.17, 15) is 30.6 Å². The number of aromatic hydroxyl groups is 3. The number of allylic oxidation sites excluding steroid dienone is 6. The largest absolute Gasteiger partial charge is 0.512 e. The summed E-state index contributed by atoms with van der Waals surface area (Å²) in [7, 11) is 0. The molecular formula is C38H32O6. The van der Waals surface area contributed by atoms with Crippen molar-refractivity contribution in [2.24, 2.45) is 11.8 Å². The average Bonchev–Trinajstić information content (AvgIpc) is 3.06. The van der Waals surface area contributed by atoms with E-state index in [1.165, 1.54) is 0 Å². The molecule has 0 heterocycles. The van der Waals surface area contributed by atoms with Gasteiger partial charge in [-0.3, -0.25) is 0 Å². The van der Waals surface area contributed by atoms with Crippen LogP contribution >= 0.6 is 0 Å². The highest BCUT2D eigenvalue weighted by Crippen LogP contribution is 2.60. The Morgan fingerprint density at radius 1 is 0.614 bits per heavy atom. The van der Waals surface area contributed by atoms with E-state index in [2.05, 4.69) is 0 Å². The van der Waals surface area contributed by atoms with Gasteiger partial charge < -0.3 is 30.6 Å². The maximum atomic E-state index is 11.8. The van der Waals surface area contributed by atoms with Gasteiger partial charge in [-0.05, 0) is 76.9 Å². The normalized spacial score (nSPS) is 24.2. The number of benzene rings is 4. The number of aliphatic hydroxyl groups is 3. The van der Waals surface area contributed by atoms with Crippen molar-refractivity contribution in [2.75, 3.05) is 0 Å². The van der Waals surface area contributed by atoms with Gasteiger partial charge in [-0.15, -0.1) is 0 Å². The van der Waals surface area contributed by atoms with Crippen LogP contribution in [0.25, 0.3) is 16.3 Å². The molecule has 44 heavy (non-hydrogen) atoms. The lowest BCUT2D eigenvalue weighted by Crippen LogP contribution is -2.35. The number of phenols is 3. The van der Waals surface area contributed by atoms with Crippen LogP contribution in [0.15, 0.2) is 113 Å². The van der Waals surface area contributed by atoms with E-state index < -0.39 is 11.7 Å². The average molecular weight is 585 g/mol. The van der Waals surface area contributed by atoms with Gasteiger partial charge in [-0.2, -0.15) is 0 Å². The zero-order valence-electron chi connectivity index (χ0n) is 23.9. The molecule has 0 radical (unpaired) electrons. The summed E-state index contributed by atoms with van der Waals surface area (Å²) in [6.45, 7) is 0. The molecule has 0 amide bonds. The Hall–Kier alpha value is -5.10. The van der Waals surface area contributed by atoms with Crippen LogP contribution in [0, 0.1) is 11.8 Å². The van der Waals surface area contributed by atoms with Gasteiger partial charge in [0, 0.05) is 45.9 Å². The SMILES string of the molecule is OC1=CC=C2C(c3c(O)c(O)c4c5c(c(O)ccc35)CCC4c3ccccc3)=C(O)C(O)=C3C(c4ccccc4)CCC1C23. The summed E-state index contributed by atoms with van der Waals surface area (Å²) in [6, 6.07) is 22.9. The molecule has 0 bridgehead atoms. The van der Waals surface area contributed by atoms with Crippen molar-refractivity contribution in [1.29, 1.82) is 0 Å². The first-order valence-corrected chi connectivity index (χ1v) is 15.2. The summed E-state index contributed by atoms with van der Waals surface area (Å²) >= 11 is 0. The van der Waals surface area contributed by atoms with Gasteiger partial charge >= 0.3 is 0 Å². The molecule has 4 aliphatic carbocycles. The van der Waals surface area contributed by atoms with Crippen LogP contribution < -0.4 is 0 Å². The van der Waals surface area contributed by atoms with Crippen LogP contribution in [-0.2, 0) is 6.42 Å². The molecule has 6 nitrogen and oxygen atoms in total. The van der Waals surface area contributed by atoms with E-state index >= 15 is 0 Å². The second-order valence-corrected chi connectivity index (χ2v) is 12.3. The van der Waals surface area contributed by atoms with Crippen molar-refractivity contribution in [2.45, 2.75) is 37.5 Å². The lowest BCUT2D eigenvalue weighted by molar-refractivity contribution is 0.230. The molecule has 1 fully saturated rings.